The van der Waals surface area contributed by atoms with E-state index in [4.69, 9.17) is 16.7 Å². The lowest BCUT2D eigenvalue weighted by atomic mass is 10.2. The molecule has 6 heteroatoms. The van der Waals surface area contributed by atoms with Gasteiger partial charge in [0.1, 0.15) is 0 Å². The average molecular weight is 306 g/mol. The second-order valence-electron chi connectivity index (χ2n) is 4.58. The Morgan fingerprint density at radius 1 is 1.32 bits per heavy atom. The first kappa shape index (κ1) is 16.4. The van der Waals surface area contributed by atoms with Crippen LogP contribution in [0, 0.1) is 5.92 Å². The summed E-state index contributed by atoms with van der Waals surface area (Å²) in [6.07, 6.45) is 0. The lowest BCUT2D eigenvalue weighted by Gasteiger charge is -2.22. The number of hydrogen-bond acceptors (Lipinski definition) is 3. The Kier molecular flexibility index (Phi) is 6.79. The van der Waals surface area contributed by atoms with E-state index in [0.717, 1.165) is 5.56 Å². The molecule has 0 heterocycles. The topological polar surface area (TPSA) is 57.6 Å². The molecule has 0 saturated heterocycles. The standard InChI is InChI=1S/C13H20ClNO3S/c1-12(9-14)11-19(17,18)15(7-8-16)10-13-5-3-2-4-6-13/h2-6,12,16H,7-11H2,1H3. The van der Waals surface area contributed by atoms with Crippen LogP contribution < -0.4 is 0 Å². The van der Waals surface area contributed by atoms with Crippen LogP contribution in [-0.4, -0.2) is 42.6 Å². The van der Waals surface area contributed by atoms with Crippen molar-refractivity contribution in [2.45, 2.75) is 13.5 Å². The highest BCUT2D eigenvalue weighted by molar-refractivity contribution is 7.89. The molecule has 0 amide bonds. The number of hydrogen-bond donors (Lipinski definition) is 1. The Hall–Kier alpha value is -0.620. The van der Waals surface area contributed by atoms with Gasteiger partial charge in [-0.2, -0.15) is 4.31 Å². The molecule has 0 radical (unpaired) electrons. The predicted molar refractivity (Wildman–Crippen MR) is 77.6 cm³/mol. The van der Waals surface area contributed by atoms with Crippen molar-refractivity contribution in [2.24, 2.45) is 5.92 Å². The molecule has 1 rings (SSSR count). The highest BCUT2D eigenvalue weighted by Crippen LogP contribution is 2.13. The van der Waals surface area contributed by atoms with Gasteiger partial charge in [0, 0.05) is 19.0 Å². The summed E-state index contributed by atoms with van der Waals surface area (Å²) in [5, 5.41) is 9.04. The van der Waals surface area contributed by atoms with E-state index in [1.165, 1.54) is 4.31 Å². The summed E-state index contributed by atoms with van der Waals surface area (Å²) < 4.78 is 25.8. The van der Waals surface area contributed by atoms with E-state index in [-0.39, 0.29) is 31.4 Å². The summed E-state index contributed by atoms with van der Waals surface area (Å²) in [7, 11) is -3.41. The molecule has 19 heavy (non-hydrogen) atoms. The fourth-order valence-corrected chi connectivity index (χ4v) is 3.72. The Balaban J connectivity index is 2.82. The van der Waals surface area contributed by atoms with Gasteiger partial charge in [0.15, 0.2) is 0 Å². The van der Waals surface area contributed by atoms with E-state index >= 15 is 0 Å². The first-order valence-electron chi connectivity index (χ1n) is 6.18. The van der Waals surface area contributed by atoms with Crippen LogP contribution in [-0.2, 0) is 16.6 Å². The maximum atomic E-state index is 12.3. The van der Waals surface area contributed by atoms with Gasteiger partial charge in [-0.15, -0.1) is 11.6 Å². The van der Waals surface area contributed by atoms with Crippen LogP contribution in [0.15, 0.2) is 30.3 Å². The molecule has 0 bridgehead atoms. The van der Waals surface area contributed by atoms with Crippen LogP contribution in [0.5, 0.6) is 0 Å². The molecular formula is C13H20ClNO3S. The zero-order chi connectivity index (χ0) is 14.3. The number of nitrogens with zero attached hydrogens (tertiary/aromatic N) is 1. The van der Waals surface area contributed by atoms with Crippen molar-refractivity contribution in [1.82, 2.24) is 4.31 Å². The van der Waals surface area contributed by atoms with E-state index in [1.54, 1.807) is 6.92 Å². The summed E-state index contributed by atoms with van der Waals surface area (Å²) in [5.41, 5.74) is 0.901. The fourth-order valence-electron chi connectivity index (χ4n) is 1.72. The van der Waals surface area contributed by atoms with Crippen LogP contribution in [0.1, 0.15) is 12.5 Å². The predicted octanol–water partition coefficient (Wildman–Crippen LogP) is 1.69. The normalized spacial score (nSPS) is 13.7. The summed E-state index contributed by atoms with van der Waals surface area (Å²) >= 11 is 5.67. The van der Waals surface area contributed by atoms with Crippen LogP contribution in [0.3, 0.4) is 0 Å². The van der Waals surface area contributed by atoms with Gasteiger partial charge in [0.2, 0.25) is 10.0 Å². The molecule has 108 valence electrons. The Labute approximate surface area is 120 Å². The fraction of sp³-hybridized carbons (Fsp3) is 0.538. The van der Waals surface area contributed by atoms with Gasteiger partial charge in [0.05, 0.1) is 12.4 Å². The molecule has 0 spiro atoms. The van der Waals surface area contributed by atoms with Gasteiger partial charge in [-0.25, -0.2) is 8.42 Å². The van der Waals surface area contributed by atoms with Crippen molar-refractivity contribution in [3.8, 4) is 0 Å². The number of aliphatic hydroxyl groups is 1. The van der Waals surface area contributed by atoms with E-state index in [9.17, 15) is 8.42 Å². The molecule has 1 unspecified atom stereocenters. The summed E-state index contributed by atoms with van der Waals surface area (Å²) in [6.45, 7) is 1.98. The highest BCUT2D eigenvalue weighted by atomic mass is 35.5. The molecule has 0 aromatic heterocycles. The van der Waals surface area contributed by atoms with E-state index in [2.05, 4.69) is 0 Å². The third kappa shape index (κ3) is 5.48. The van der Waals surface area contributed by atoms with Gasteiger partial charge in [-0.1, -0.05) is 37.3 Å². The maximum Gasteiger partial charge on any atom is 0.214 e. The summed E-state index contributed by atoms with van der Waals surface area (Å²) in [5.74, 6) is 0.199. The number of alkyl halides is 1. The second-order valence-corrected chi connectivity index (χ2v) is 6.90. The average Bonchev–Trinajstić information content (AvgIpc) is 2.39. The molecule has 1 atom stereocenters. The molecule has 1 N–H and O–H groups in total. The van der Waals surface area contributed by atoms with Gasteiger partial charge in [-0.05, 0) is 11.5 Å². The number of sulfonamides is 1. The van der Waals surface area contributed by atoms with E-state index in [1.807, 2.05) is 30.3 Å². The molecule has 4 nitrogen and oxygen atoms in total. The van der Waals surface area contributed by atoms with Crippen LogP contribution >= 0.6 is 11.6 Å². The monoisotopic (exact) mass is 305 g/mol. The van der Waals surface area contributed by atoms with Gasteiger partial charge < -0.3 is 5.11 Å². The Bertz CT molecular complexity index is 464. The van der Waals surface area contributed by atoms with E-state index in [0.29, 0.717) is 5.88 Å². The number of benzene rings is 1. The first-order chi connectivity index (χ1) is 8.99. The minimum absolute atomic E-state index is 0.00331. The van der Waals surface area contributed by atoms with Crippen LogP contribution in [0.2, 0.25) is 0 Å². The molecule has 0 aliphatic carbocycles. The minimum atomic E-state index is -3.41. The molecular weight excluding hydrogens is 286 g/mol. The molecule has 0 fully saturated rings. The second kappa shape index (κ2) is 7.85. The van der Waals surface area contributed by atoms with Crippen molar-refractivity contribution in [3.05, 3.63) is 35.9 Å². The zero-order valence-corrected chi connectivity index (χ0v) is 12.6. The number of rotatable bonds is 8. The third-order valence-electron chi connectivity index (χ3n) is 2.70. The maximum absolute atomic E-state index is 12.3. The van der Waals surface area contributed by atoms with Crippen molar-refractivity contribution in [3.63, 3.8) is 0 Å². The van der Waals surface area contributed by atoms with Crippen LogP contribution in [0.4, 0.5) is 0 Å². The minimum Gasteiger partial charge on any atom is -0.395 e. The number of aliphatic hydroxyl groups excluding tert-OH is 1. The molecule has 1 aromatic rings. The van der Waals surface area contributed by atoms with Crippen molar-refractivity contribution >= 4 is 21.6 Å². The van der Waals surface area contributed by atoms with Gasteiger partial charge in [-0.3, -0.25) is 0 Å². The van der Waals surface area contributed by atoms with Gasteiger partial charge >= 0.3 is 0 Å². The Morgan fingerprint density at radius 2 is 1.95 bits per heavy atom. The van der Waals surface area contributed by atoms with Crippen molar-refractivity contribution in [1.29, 1.82) is 0 Å². The summed E-state index contributed by atoms with van der Waals surface area (Å²) in [4.78, 5) is 0. The SMILES string of the molecule is CC(CCl)CS(=O)(=O)N(CCO)Cc1ccccc1. The van der Waals surface area contributed by atoms with Crippen LogP contribution in [0.25, 0.3) is 0 Å². The van der Waals surface area contributed by atoms with Crippen molar-refractivity contribution in [2.75, 3.05) is 24.8 Å². The first-order valence-corrected chi connectivity index (χ1v) is 8.32. The van der Waals surface area contributed by atoms with E-state index < -0.39 is 10.0 Å². The van der Waals surface area contributed by atoms with Gasteiger partial charge in [0.25, 0.3) is 0 Å². The lowest BCUT2D eigenvalue weighted by Crippen LogP contribution is -2.36. The lowest BCUT2D eigenvalue weighted by molar-refractivity contribution is 0.250. The quantitative estimate of drug-likeness (QED) is 0.744. The summed E-state index contributed by atoms with van der Waals surface area (Å²) in [6, 6.07) is 9.33. The smallest absolute Gasteiger partial charge is 0.214 e. The molecule has 0 aliphatic rings. The largest absolute Gasteiger partial charge is 0.395 e. The molecule has 0 aliphatic heterocycles. The third-order valence-corrected chi connectivity index (χ3v) is 5.32. The zero-order valence-electron chi connectivity index (χ0n) is 11.0. The van der Waals surface area contributed by atoms with Crippen molar-refractivity contribution < 1.29 is 13.5 Å². The Morgan fingerprint density at radius 3 is 2.47 bits per heavy atom. The molecule has 1 aromatic carbocycles. The molecule has 0 saturated carbocycles. The number of halogens is 1. The highest BCUT2D eigenvalue weighted by Gasteiger charge is 2.24.